The minimum Gasteiger partial charge on any atom is -0.394 e. The van der Waals surface area contributed by atoms with Crippen molar-refractivity contribution in [2.45, 2.75) is 25.9 Å². The zero-order chi connectivity index (χ0) is 12.4. The standard InChI is InChI=1S/C14H22N2O/c1-11-4-6-13(7-5-11)16-12(2)8-15(3)9-14(16)10-17/h4-7,12,14,17H,8-10H2,1-3H3. The molecule has 0 radical (unpaired) electrons. The Labute approximate surface area is 104 Å². The van der Waals surface area contributed by atoms with Crippen molar-refractivity contribution >= 4 is 5.69 Å². The summed E-state index contributed by atoms with van der Waals surface area (Å²) in [5.74, 6) is 0. The number of aliphatic hydroxyl groups is 1. The Morgan fingerprint density at radius 2 is 1.88 bits per heavy atom. The van der Waals surface area contributed by atoms with E-state index in [1.165, 1.54) is 11.3 Å². The topological polar surface area (TPSA) is 26.7 Å². The number of hydrogen-bond donors (Lipinski definition) is 1. The van der Waals surface area contributed by atoms with Gasteiger partial charge in [-0.05, 0) is 33.0 Å². The van der Waals surface area contributed by atoms with Crippen molar-refractivity contribution in [3.8, 4) is 0 Å². The summed E-state index contributed by atoms with van der Waals surface area (Å²) in [6, 6.07) is 9.21. The third-order valence-electron chi connectivity index (χ3n) is 3.51. The molecule has 94 valence electrons. The molecule has 2 atom stereocenters. The van der Waals surface area contributed by atoms with Gasteiger partial charge in [0, 0.05) is 24.8 Å². The van der Waals surface area contributed by atoms with Gasteiger partial charge < -0.3 is 14.9 Å². The molecular weight excluding hydrogens is 212 g/mol. The maximum absolute atomic E-state index is 9.54. The van der Waals surface area contributed by atoms with Crippen LogP contribution in [0.1, 0.15) is 12.5 Å². The summed E-state index contributed by atoms with van der Waals surface area (Å²) >= 11 is 0. The fourth-order valence-corrected chi connectivity index (χ4v) is 2.75. The maximum Gasteiger partial charge on any atom is 0.0651 e. The van der Waals surface area contributed by atoms with Gasteiger partial charge in [0.2, 0.25) is 0 Å². The van der Waals surface area contributed by atoms with Gasteiger partial charge in [-0.1, -0.05) is 17.7 Å². The molecule has 1 aromatic carbocycles. The Balaban J connectivity index is 2.24. The first-order chi connectivity index (χ1) is 8.11. The Bertz CT molecular complexity index is 363. The van der Waals surface area contributed by atoms with Crippen LogP contribution < -0.4 is 4.90 Å². The van der Waals surface area contributed by atoms with Gasteiger partial charge in [-0.3, -0.25) is 0 Å². The lowest BCUT2D eigenvalue weighted by atomic mass is 10.1. The Hall–Kier alpha value is -1.06. The number of nitrogens with zero attached hydrogens (tertiary/aromatic N) is 2. The highest BCUT2D eigenvalue weighted by molar-refractivity contribution is 5.50. The Morgan fingerprint density at radius 1 is 1.24 bits per heavy atom. The summed E-state index contributed by atoms with van der Waals surface area (Å²) in [5, 5.41) is 9.54. The van der Waals surface area contributed by atoms with Gasteiger partial charge in [-0.15, -0.1) is 0 Å². The average Bonchev–Trinajstić information content (AvgIpc) is 2.30. The van der Waals surface area contributed by atoms with Gasteiger partial charge in [0.05, 0.1) is 12.6 Å². The zero-order valence-corrected chi connectivity index (χ0v) is 10.9. The molecule has 0 bridgehead atoms. The van der Waals surface area contributed by atoms with Gasteiger partial charge in [0.15, 0.2) is 0 Å². The normalized spacial score (nSPS) is 26.2. The molecule has 1 aliphatic rings. The Kier molecular flexibility index (Phi) is 3.69. The van der Waals surface area contributed by atoms with Crippen LogP contribution >= 0.6 is 0 Å². The van der Waals surface area contributed by atoms with Crippen LogP contribution in [-0.2, 0) is 0 Å². The first-order valence-electron chi connectivity index (χ1n) is 6.26. The van der Waals surface area contributed by atoms with Gasteiger partial charge in [-0.2, -0.15) is 0 Å². The summed E-state index contributed by atoms with van der Waals surface area (Å²) in [5.41, 5.74) is 2.49. The SMILES string of the molecule is Cc1ccc(N2C(C)CN(C)CC2CO)cc1. The molecule has 0 aromatic heterocycles. The van der Waals surface area contributed by atoms with E-state index in [2.05, 4.69) is 55.0 Å². The molecule has 3 heteroatoms. The molecule has 0 amide bonds. The molecule has 1 N–H and O–H groups in total. The molecule has 1 heterocycles. The van der Waals surface area contributed by atoms with Crippen LogP contribution in [0.4, 0.5) is 5.69 Å². The maximum atomic E-state index is 9.54. The number of benzene rings is 1. The minimum absolute atomic E-state index is 0.200. The number of hydrogen-bond acceptors (Lipinski definition) is 3. The molecule has 1 aromatic rings. The number of likely N-dealkylation sites (N-methyl/N-ethyl adjacent to an activating group) is 1. The predicted molar refractivity (Wildman–Crippen MR) is 71.5 cm³/mol. The molecule has 1 fully saturated rings. The highest BCUT2D eigenvalue weighted by atomic mass is 16.3. The van der Waals surface area contributed by atoms with E-state index in [1.807, 2.05) is 0 Å². The predicted octanol–water partition coefficient (Wildman–Crippen LogP) is 1.50. The van der Waals surface area contributed by atoms with Crippen LogP contribution in [-0.4, -0.2) is 48.8 Å². The fraction of sp³-hybridized carbons (Fsp3) is 0.571. The second-order valence-corrected chi connectivity index (χ2v) is 5.15. The highest BCUT2D eigenvalue weighted by Crippen LogP contribution is 2.24. The van der Waals surface area contributed by atoms with E-state index in [1.54, 1.807) is 0 Å². The molecule has 2 unspecified atom stereocenters. The number of aliphatic hydroxyl groups excluding tert-OH is 1. The molecule has 0 aliphatic carbocycles. The van der Waals surface area contributed by atoms with Crippen molar-refractivity contribution in [3.05, 3.63) is 29.8 Å². The van der Waals surface area contributed by atoms with Gasteiger partial charge in [0.1, 0.15) is 0 Å². The van der Waals surface area contributed by atoms with E-state index in [9.17, 15) is 5.11 Å². The highest BCUT2D eigenvalue weighted by Gasteiger charge is 2.29. The van der Waals surface area contributed by atoms with Crippen LogP contribution in [0.3, 0.4) is 0 Å². The number of rotatable bonds is 2. The summed E-state index contributed by atoms with van der Waals surface area (Å²) in [6.45, 7) is 6.50. The second kappa shape index (κ2) is 5.07. The number of anilines is 1. The van der Waals surface area contributed by atoms with Crippen LogP contribution in [0.5, 0.6) is 0 Å². The molecule has 1 aliphatic heterocycles. The lowest BCUT2D eigenvalue weighted by Gasteiger charge is -2.45. The van der Waals surface area contributed by atoms with Gasteiger partial charge in [0.25, 0.3) is 0 Å². The van der Waals surface area contributed by atoms with Crippen LogP contribution in [0, 0.1) is 6.92 Å². The molecule has 0 saturated carbocycles. The van der Waals surface area contributed by atoms with Crippen LogP contribution in [0.15, 0.2) is 24.3 Å². The van der Waals surface area contributed by atoms with E-state index in [4.69, 9.17) is 0 Å². The first kappa shape index (κ1) is 12.4. The van der Waals surface area contributed by atoms with Crippen LogP contribution in [0.2, 0.25) is 0 Å². The van der Waals surface area contributed by atoms with E-state index in [0.29, 0.717) is 6.04 Å². The average molecular weight is 234 g/mol. The van der Waals surface area contributed by atoms with E-state index >= 15 is 0 Å². The summed E-state index contributed by atoms with van der Waals surface area (Å²) in [7, 11) is 2.12. The molecule has 17 heavy (non-hydrogen) atoms. The number of aryl methyl sites for hydroxylation is 1. The van der Waals surface area contributed by atoms with E-state index in [-0.39, 0.29) is 12.6 Å². The third kappa shape index (κ3) is 2.61. The lowest BCUT2D eigenvalue weighted by Crippen LogP contribution is -2.58. The summed E-state index contributed by atoms with van der Waals surface area (Å²) in [4.78, 5) is 4.63. The molecular formula is C14H22N2O. The van der Waals surface area contributed by atoms with Crippen molar-refractivity contribution in [2.24, 2.45) is 0 Å². The van der Waals surface area contributed by atoms with Crippen molar-refractivity contribution < 1.29 is 5.11 Å². The quantitative estimate of drug-likeness (QED) is 0.840. The van der Waals surface area contributed by atoms with E-state index in [0.717, 1.165) is 13.1 Å². The van der Waals surface area contributed by atoms with Crippen molar-refractivity contribution in [1.82, 2.24) is 4.90 Å². The smallest absolute Gasteiger partial charge is 0.0651 e. The van der Waals surface area contributed by atoms with Gasteiger partial charge >= 0.3 is 0 Å². The Morgan fingerprint density at radius 3 is 2.47 bits per heavy atom. The largest absolute Gasteiger partial charge is 0.394 e. The molecule has 0 spiro atoms. The third-order valence-corrected chi connectivity index (χ3v) is 3.51. The van der Waals surface area contributed by atoms with Crippen molar-refractivity contribution in [1.29, 1.82) is 0 Å². The van der Waals surface area contributed by atoms with E-state index < -0.39 is 0 Å². The number of piperazine rings is 1. The first-order valence-corrected chi connectivity index (χ1v) is 6.26. The molecule has 3 nitrogen and oxygen atoms in total. The lowest BCUT2D eigenvalue weighted by molar-refractivity contribution is 0.171. The van der Waals surface area contributed by atoms with Gasteiger partial charge in [-0.25, -0.2) is 0 Å². The summed E-state index contributed by atoms with van der Waals surface area (Å²) in [6.07, 6.45) is 0. The monoisotopic (exact) mass is 234 g/mol. The fourth-order valence-electron chi connectivity index (χ4n) is 2.75. The summed E-state index contributed by atoms with van der Waals surface area (Å²) < 4.78 is 0. The zero-order valence-electron chi connectivity index (χ0n) is 10.9. The minimum atomic E-state index is 0.200. The van der Waals surface area contributed by atoms with Crippen molar-refractivity contribution in [2.75, 3.05) is 31.6 Å². The van der Waals surface area contributed by atoms with Crippen molar-refractivity contribution in [3.63, 3.8) is 0 Å². The molecule has 2 rings (SSSR count). The molecule has 1 saturated heterocycles. The van der Waals surface area contributed by atoms with Crippen LogP contribution in [0.25, 0.3) is 0 Å². The second-order valence-electron chi connectivity index (χ2n) is 5.15.